The van der Waals surface area contributed by atoms with Gasteiger partial charge < -0.3 is 24.8 Å². The molecule has 12 nitrogen and oxygen atoms in total. The average molecular weight is 685 g/mol. The fraction of sp³-hybridized carbons (Fsp3) is 0.629. The van der Waals surface area contributed by atoms with E-state index < -0.39 is 16.6 Å². The van der Waals surface area contributed by atoms with Crippen molar-refractivity contribution in [3.8, 4) is 0 Å². The molecule has 264 valence electrons. The molecular weight excluding hydrogens is 632 g/mol. The van der Waals surface area contributed by atoms with E-state index in [9.17, 15) is 24.5 Å². The monoisotopic (exact) mass is 684 g/mol. The quantitative estimate of drug-likeness (QED) is 0.226. The van der Waals surface area contributed by atoms with E-state index in [2.05, 4.69) is 16.3 Å². The second-order valence-electron chi connectivity index (χ2n) is 13.9. The van der Waals surface area contributed by atoms with Crippen LogP contribution in [0.3, 0.4) is 0 Å². The second-order valence-corrected chi connectivity index (χ2v) is 14.9. The van der Waals surface area contributed by atoms with E-state index in [0.29, 0.717) is 56.6 Å². The number of aryl methyl sites for hydroxylation is 1. The van der Waals surface area contributed by atoms with Crippen molar-refractivity contribution in [2.24, 2.45) is 0 Å². The van der Waals surface area contributed by atoms with Crippen LogP contribution in [0.5, 0.6) is 0 Å². The zero-order chi connectivity index (χ0) is 35.0. The molecule has 0 aliphatic carbocycles. The van der Waals surface area contributed by atoms with E-state index in [-0.39, 0.29) is 35.7 Å². The van der Waals surface area contributed by atoms with Crippen molar-refractivity contribution in [1.82, 2.24) is 20.0 Å². The molecule has 0 radical (unpaired) electrons. The number of hydrogen-bond donors (Lipinski definition) is 1. The smallest absolute Gasteiger partial charge is 0.410 e. The highest BCUT2D eigenvalue weighted by atomic mass is 32.1. The molecule has 4 rings (SSSR count). The number of hydrogen-bond acceptors (Lipinski definition) is 9. The Kier molecular flexibility index (Phi) is 12.8. The maximum atomic E-state index is 14.6. The van der Waals surface area contributed by atoms with Gasteiger partial charge in [-0.1, -0.05) is 25.5 Å². The van der Waals surface area contributed by atoms with Gasteiger partial charge in [-0.2, -0.15) is 0 Å². The van der Waals surface area contributed by atoms with Gasteiger partial charge in [0, 0.05) is 50.7 Å². The van der Waals surface area contributed by atoms with E-state index in [0.717, 1.165) is 32.4 Å². The van der Waals surface area contributed by atoms with Crippen LogP contribution < -0.4 is 10.2 Å². The second kappa shape index (κ2) is 16.6. The minimum atomic E-state index is -1.07. The van der Waals surface area contributed by atoms with Crippen molar-refractivity contribution in [1.29, 1.82) is 0 Å². The third kappa shape index (κ3) is 9.68. The van der Waals surface area contributed by atoms with Crippen LogP contribution in [-0.2, 0) is 20.7 Å². The van der Waals surface area contributed by atoms with E-state index in [1.54, 1.807) is 52.3 Å². The number of piperidine rings is 2. The number of nitrogens with one attached hydrogen (secondary N) is 1. The Morgan fingerprint density at radius 1 is 1.10 bits per heavy atom. The molecule has 2 aliphatic heterocycles. The van der Waals surface area contributed by atoms with Crippen molar-refractivity contribution in [2.45, 2.75) is 96.4 Å². The van der Waals surface area contributed by atoms with Crippen LogP contribution in [0, 0.1) is 10.1 Å². The number of nitro groups is 1. The number of carbonyl (C=O) groups excluding carboxylic acids is 3. The number of likely N-dealkylation sites (N-methyl/N-ethyl adjacent to an activating group) is 1. The Morgan fingerprint density at radius 3 is 2.44 bits per heavy atom. The number of rotatable bonds is 12. The van der Waals surface area contributed by atoms with Gasteiger partial charge in [0.15, 0.2) is 0 Å². The first-order chi connectivity index (χ1) is 22.8. The summed E-state index contributed by atoms with van der Waals surface area (Å²) < 4.78 is 5.54. The van der Waals surface area contributed by atoms with Gasteiger partial charge in [0.05, 0.1) is 11.0 Å². The molecule has 0 saturated carbocycles. The molecule has 2 unspecified atom stereocenters. The first kappa shape index (κ1) is 37.1. The Hall–Kier alpha value is -3.71. The highest BCUT2D eigenvalue weighted by Gasteiger charge is 2.39. The van der Waals surface area contributed by atoms with Crippen molar-refractivity contribution >= 4 is 40.6 Å². The molecule has 2 aliphatic rings. The fourth-order valence-corrected chi connectivity index (χ4v) is 7.36. The van der Waals surface area contributed by atoms with E-state index in [1.807, 2.05) is 39.1 Å². The Morgan fingerprint density at radius 2 is 1.83 bits per heavy atom. The van der Waals surface area contributed by atoms with Gasteiger partial charge >= 0.3 is 6.09 Å². The van der Waals surface area contributed by atoms with Crippen LogP contribution in [0.4, 0.5) is 16.2 Å². The van der Waals surface area contributed by atoms with E-state index >= 15 is 0 Å². The maximum absolute atomic E-state index is 14.6. The molecule has 1 aromatic carbocycles. The third-order valence-corrected chi connectivity index (χ3v) is 9.97. The topological polar surface area (TPSA) is 129 Å². The summed E-state index contributed by atoms with van der Waals surface area (Å²) in [6.45, 7) is 10.2. The number of ether oxygens (including phenoxy) is 1. The highest BCUT2D eigenvalue weighted by molar-refractivity contribution is 7.09. The molecule has 2 saturated heterocycles. The predicted molar refractivity (Wildman–Crippen MR) is 188 cm³/mol. The summed E-state index contributed by atoms with van der Waals surface area (Å²) in [6.07, 6.45) is 4.69. The molecule has 2 fully saturated rings. The molecule has 48 heavy (non-hydrogen) atoms. The van der Waals surface area contributed by atoms with Gasteiger partial charge in [0.1, 0.15) is 17.3 Å². The molecule has 0 spiro atoms. The first-order valence-corrected chi connectivity index (χ1v) is 18.0. The van der Waals surface area contributed by atoms with Gasteiger partial charge in [-0.05, 0) is 95.5 Å². The van der Waals surface area contributed by atoms with E-state index in [4.69, 9.17) is 4.74 Å². The summed E-state index contributed by atoms with van der Waals surface area (Å²) in [6, 6.07) is 7.22. The minimum Gasteiger partial charge on any atom is -0.444 e. The van der Waals surface area contributed by atoms with Crippen LogP contribution in [0.2, 0.25) is 0 Å². The van der Waals surface area contributed by atoms with Crippen molar-refractivity contribution in [3.63, 3.8) is 0 Å². The first-order valence-electron chi connectivity index (χ1n) is 17.1. The van der Waals surface area contributed by atoms with Crippen LogP contribution in [-0.4, -0.2) is 102 Å². The van der Waals surface area contributed by atoms with Gasteiger partial charge in [-0.15, -0.1) is 11.3 Å². The van der Waals surface area contributed by atoms with Crippen LogP contribution in [0.25, 0.3) is 0 Å². The summed E-state index contributed by atoms with van der Waals surface area (Å²) in [5.41, 5.74) is 0.0854. The van der Waals surface area contributed by atoms with Crippen molar-refractivity contribution in [2.75, 3.05) is 51.7 Å². The fourth-order valence-electron chi connectivity index (χ4n) is 6.61. The van der Waals surface area contributed by atoms with Crippen LogP contribution in [0.1, 0.15) is 82.7 Å². The number of anilines is 1. The molecule has 3 heterocycles. The lowest BCUT2D eigenvalue weighted by atomic mass is 9.96. The number of nitro benzene ring substituents is 1. The van der Waals surface area contributed by atoms with Crippen molar-refractivity contribution in [3.05, 3.63) is 56.3 Å². The van der Waals surface area contributed by atoms with Gasteiger partial charge in [-0.3, -0.25) is 24.6 Å². The summed E-state index contributed by atoms with van der Waals surface area (Å²) in [7, 11) is 3.47. The Bertz CT molecular complexity index is 1400. The molecular formula is C35H52N6O6S. The minimum absolute atomic E-state index is 0.123. The zero-order valence-corrected chi connectivity index (χ0v) is 30.1. The molecule has 13 heteroatoms. The average Bonchev–Trinajstić information content (AvgIpc) is 3.57. The zero-order valence-electron chi connectivity index (χ0n) is 29.3. The molecule has 3 amide bonds. The number of nitrogens with zero attached hydrogens (tertiary/aromatic N) is 5. The molecule has 1 aromatic heterocycles. The number of thiophene rings is 1. The molecule has 2 atom stereocenters. The number of amides is 3. The van der Waals surface area contributed by atoms with Gasteiger partial charge in [-0.25, -0.2) is 4.79 Å². The van der Waals surface area contributed by atoms with Gasteiger partial charge in [0.2, 0.25) is 11.8 Å². The number of likely N-dealkylation sites (tertiary alicyclic amines) is 2. The predicted octanol–water partition coefficient (Wildman–Crippen LogP) is 5.61. The Balaban J connectivity index is 1.67. The lowest BCUT2D eigenvalue weighted by molar-refractivity contribution is -0.384. The highest BCUT2D eigenvalue weighted by Crippen LogP contribution is 2.34. The van der Waals surface area contributed by atoms with Crippen LogP contribution in [0.15, 0.2) is 35.7 Å². The number of benzene rings is 1. The molecule has 1 N–H and O–H groups in total. The summed E-state index contributed by atoms with van der Waals surface area (Å²) in [5, 5.41) is 17.4. The summed E-state index contributed by atoms with van der Waals surface area (Å²) in [5.74, 6) is -0.497. The number of carbonyl (C=O) groups is 3. The van der Waals surface area contributed by atoms with Gasteiger partial charge in [0.25, 0.3) is 5.69 Å². The third-order valence-electron chi connectivity index (χ3n) is 9.04. The largest absolute Gasteiger partial charge is 0.444 e. The SMILES string of the molecule is CCN1CCCCC1C(=O)N(CCCc1cccs1)C(C(=O)NC1CCN(C(=O)OC(C)(C)C)CC1)c1ccc(N(C)C)c([N+](=O)[O-])c1. The summed E-state index contributed by atoms with van der Waals surface area (Å²) >= 11 is 1.66. The molecule has 0 bridgehead atoms. The Labute approximate surface area is 288 Å². The lowest BCUT2D eigenvalue weighted by Gasteiger charge is -2.40. The summed E-state index contributed by atoms with van der Waals surface area (Å²) in [4.78, 5) is 61.9. The maximum Gasteiger partial charge on any atom is 0.410 e. The van der Waals surface area contributed by atoms with Crippen LogP contribution >= 0.6 is 11.3 Å². The molecule has 2 aromatic rings. The normalized spacial score (nSPS) is 18.2. The van der Waals surface area contributed by atoms with Crippen molar-refractivity contribution < 1.29 is 24.0 Å². The lowest BCUT2D eigenvalue weighted by Crippen LogP contribution is -2.55. The standard InChI is InChI=1S/C35H52N6O6S/c1-7-38-19-9-8-14-29(38)33(43)40(20-10-12-27-13-11-23-48-27)31(25-15-16-28(37(5)6)30(24-25)41(45)46)32(42)36-26-17-21-39(22-18-26)34(44)47-35(2,3)4/h11,13,15-16,23-24,26,29,31H,7-10,12,14,17-22H2,1-6H3,(H,36,42). The van der Waals surface area contributed by atoms with E-state index in [1.165, 1.54) is 10.9 Å².